The van der Waals surface area contributed by atoms with E-state index >= 15 is 0 Å². The summed E-state index contributed by atoms with van der Waals surface area (Å²) in [6.07, 6.45) is 0.146. The first-order valence-corrected chi connectivity index (χ1v) is 9.67. The molecule has 0 atom stereocenters. The van der Waals surface area contributed by atoms with Gasteiger partial charge in [0.25, 0.3) is 0 Å². The number of aromatic nitrogens is 2. The number of methoxy groups -OCH3 is 1. The first-order valence-electron chi connectivity index (χ1n) is 9.30. The Hall–Kier alpha value is -2.22. The molecule has 28 heavy (non-hydrogen) atoms. The molecule has 2 heterocycles. The molecule has 8 heteroatoms. The monoisotopic (exact) mass is 404 g/mol. The van der Waals surface area contributed by atoms with E-state index in [-0.39, 0.29) is 17.5 Å². The minimum Gasteiger partial charge on any atom is -0.497 e. The van der Waals surface area contributed by atoms with E-state index in [9.17, 15) is 4.79 Å². The van der Waals surface area contributed by atoms with Crippen molar-refractivity contribution in [2.75, 3.05) is 51.8 Å². The Morgan fingerprint density at radius 2 is 2.04 bits per heavy atom. The van der Waals surface area contributed by atoms with E-state index < -0.39 is 0 Å². The van der Waals surface area contributed by atoms with E-state index in [0.29, 0.717) is 22.8 Å². The fourth-order valence-corrected chi connectivity index (χ4v) is 3.31. The largest absolute Gasteiger partial charge is 0.497 e. The van der Waals surface area contributed by atoms with E-state index in [1.807, 2.05) is 19.1 Å². The number of carbonyl (C=O) groups excluding carboxylic acids is 1. The zero-order valence-corrected chi connectivity index (χ0v) is 17.0. The Balaban J connectivity index is 1.62. The Morgan fingerprint density at radius 3 is 2.79 bits per heavy atom. The summed E-state index contributed by atoms with van der Waals surface area (Å²) in [6, 6.07) is 7.24. The fourth-order valence-electron chi connectivity index (χ4n) is 3.11. The van der Waals surface area contributed by atoms with Crippen molar-refractivity contribution in [3.63, 3.8) is 0 Å². The van der Waals surface area contributed by atoms with Crippen LogP contribution in [0.2, 0.25) is 5.28 Å². The molecule has 0 bridgehead atoms. The van der Waals surface area contributed by atoms with Crippen molar-refractivity contribution in [3.8, 4) is 5.75 Å². The molecular formula is C20H25ClN4O3. The number of nitrogens with one attached hydrogen (secondary N) is 1. The van der Waals surface area contributed by atoms with Crippen LogP contribution in [0.1, 0.15) is 21.6 Å². The molecule has 1 aromatic heterocycles. The van der Waals surface area contributed by atoms with Gasteiger partial charge in [-0.3, -0.25) is 9.69 Å². The number of morpholine rings is 1. The average molecular weight is 405 g/mol. The predicted molar refractivity (Wildman–Crippen MR) is 109 cm³/mol. The van der Waals surface area contributed by atoms with Gasteiger partial charge < -0.3 is 14.8 Å². The number of anilines is 1. The predicted octanol–water partition coefficient (Wildman–Crippen LogP) is 2.62. The van der Waals surface area contributed by atoms with Gasteiger partial charge in [0.05, 0.1) is 32.4 Å². The molecule has 1 aliphatic heterocycles. The van der Waals surface area contributed by atoms with Crippen LogP contribution in [0.25, 0.3) is 0 Å². The van der Waals surface area contributed by atoms with Crippen LogP contribution in [-0.2, 0) is 11.2 Å². The van der Waals surface area contributed by atoms with E-state index in [4.69, 9.17) is 21.1 Å². The molecule has 1 N–H and O–H groups in total. The van der Waals surface area contributed by atoms with Crippen molar-refractivity contribution < 1.29 is 14.3 Å². The standard InChI is InChI=1S/C20H25ClN4O3/c1-14-9-15(11-17(10-14)27-2)18(26)12-16-13-19(24-20(21)23-16)22-3-4-25-5-7-28-8-6-25/h9-11,13H,3-8,12H2,1-2H3,(H,22,23,24). The second-order valence-corrected chi connectivity index (χ2v) is 7.07. The number of hydrogen-bond donors (Lipinski definition) is 1. The van der Waals surface area contributed by atoms with E-state index in [1.165, 1.54) is 0 Å². The third kappa shape index (κ3) is 5.89. The van der Waals surface area contributed by atoms with Crippen molar-refractivity contribution >= 4 is 23.2 Å². The van der Waals surface area contributed by atoms with Gasteiger partial charge in [0.15, 0.2) is 5.78 Å². The summed E-state index contributed by atoms with van der Waals surface area (Å²) in [5, 5.41) is 3.39. The highest BCUT2D eigenvalue weighted by atomic mass is 35.5. The molecule has 0 aliphatic carbocycles. The summed E-state index contributed by atoms with van der Waals surface area (Å²) in [6.45, 7) is 6.97. The minimum absolute atomic E-state index is 0.0453. The molecule has 3 rings (SSSR count). The molecule has 1 aliphatic rings. The number of Topliss-reactive ketones (excluding diaryl/α,β-unsaturated/α-hetero) is 1. The molecule has 0 saturated carbocycles. The van der Waals surface area contributed by atoms with Crippen LogP contribution < -0.4 is 10.1 Å². The fraction of sp³-hybridized carbons (Fsp3) is 0.450. The first kappa shape index (κ1) is 20.5. The van der Waals surface area contributed by atoms with Gasteiger partial charge >= 0.3 is 0 Å². The van der Waals surface area contributed by atoms with Gasteiger partial charge in [-0.1, -0.05) is 0 Å². The second kappa shape index (κ2) is 9.82. The number of aryl methyl sites for hydroxylation is 1. The third-order valence-corrected chi connectivity index (χ3v) is 4.71. The maximum absolute atomic E-state index is 12.7. The Bertz CT molecular complexity index is 825. The molecule has 1 aromatic carbocycles. The SMILES string of the molecule is COc1cc(C)cc(C(=O)Cc2cc(NCCN3CCOCC3)nc(Cl)n2)c1. The Morgan fingerprint density at radius 1 is 1.25 bits per heavy atom. The van der Waals surface area contributed by atoms with Crippen LogP contribution in [0.15, 0.2) is 24.3 Å². The summed E-state index contributed by atoms with van der Waals surface area (Å²) in [7, 11) is 1.59. The maximum atomic E-state index is 12.7. The summed E-state index contributed by atoms with van der Waals surface area (Å²) in [5.74, 6) is 1.24. The smallest absolute Gasteiger partial charge is 0.224 e. The number of ketones is 1. The summed E-state index contributed by atoms with van der Waals surface area (Å²) < 4.78 is 10.6. The molecule has 7 nitrogen and oxygen atoms in total. The highest BCUT2D eigenvalue weighted by molar-refractivity contribution is 6.28. The quantitative estimate of drug-likeness (QED) is 0.535. The topological polar surface area (TPSA) is 76.6 Å². The first-order chi connectivity index (χ1) is 13.5. The molecule has 0 spiro atoms. The van der Waals surface area contributed by atoms with E-state index in [0.717, 1.165) is 45.0 Å². The van der Waals surface area contributed by atoms with Crippen LogP contribution in [0.4, 0.5) is 5.82 Å². The molecule has 0 unspecified atom stereocenters. The third-order valence-electron chi connectivity index (χ3n) is 4.54. The van der Waals surface area contributed by atoms with Crippen LogP contribution in [-0.4, -0.2) is 67.2 Å². The molecule has 0 amide bonds. The van der Waals surface area contributed by atoms with Gasteiger partial charge in [-0.25, -0.2) is 9.97 Å². The molecule has 1 saturated heterocycles. The minimum atomic E-state index is -0.0453. The van der Waals surface area contributed by atoms with Gasteiger partial charge in [0.1, 0.15) is 11.6 Å². The van der Waals surface area contributed by atoms with Gasteiger partial charge in [-0.2, -0.15) is 0 Å². The number of rotatable bonds is 8. The molecule has 2 aromatic rings. The van der Waals surface area contributed by atoms with Crippen molar-refractivity contribution in [2.24, 2.45) is 0 Å². The summed E-state index contributed by atoms with van der Waals surface area (Å²) in [5.41, 5.74) is 2.14. The zero-order chi connectivity index (χ0) is 19.9. The highest BCUT2D eigenvalue weighted by Crippen LogP contribution is 2.19. The maximum Gasteiger partial charge on any atom is 0.224 e. The zero-order valence-electron chi connectivity index (χ0n) is 16.2. The number of ether oxygens (including phenoxy) is 2. The second-order valence-electron chi connectivity index (χ2n) is 6.73. The number of nitrogens with zero attached hydrogens (tertiary/aromatic N) is 3. The molecule has 0 radical (unpaired) electrons. The van der Waals surface area contributed by atoms with Crippen LogP contribution in [0.5, 0.6) is 5.75 Å². The van der Waals surface area contributed by atoms with Crippen molar-refractivity contribution in [3.05, 3.63) is 46.4 Å². The van der Waals surface area contributed by atoms with Crippen LogP contribution in [0, 0.1) is 6.92 Å². The summed E-state index contributed by atoms with van der Waals surface area (Å²) >= 11 is 6.06. The number of halogens is 1. The van der Waals surface area contributed by atoms with Crippen molar-refractivity contribution in [1.29, 1.82) is 0 Å². The van der Waals surface area contributed by atoms with Crippen molar-refractivity contribution in [1.82, 2.24) is 14.9 Å². The van der Waals surface area contributed by atoms with Crippen LogP contribution in [0.3, 0.4) is 0 Å². The van der Waals surface area contributed by atoms with E-state index in [1.54, 1.807) is 19.2 Å². The van der Waals surface area contributed by atoms with Gasteiger partial charge in [-0.05, 0) is 42.3 Å². The van der Waals surface area contributed by atoms with E-state index in [2.05, 4.69) is 20.2 Å². The van der Waals surface area contributed by atoms with Gasteiger partial charge in [0, 0.05) is 37.8 Å². The van der Waals surface area contributed by atoms with Crippen LogP contribution >= 0.6 is 11.6 Å². The molecule has 150 valence electrons. The number of carbonyl (C=O) groups is 1. The normalized spacial score (nSPS) is 14.7. The summed E-state index contributed by atoms with van der Waals surface area (Å²) in [4.78, 5) is 23.4. The lowest BCUT2D eigenvalue weighted by atomic mass is 10.0. The molecule has 1 fully saturated rings. The highest BCUT2D eigenvalue weighted by Gasteiger charge is 2.13. The number of benzene rings is 1. The molecular weight excluding hydrogens is 380 g/mol. The average Bonchev–Trinajstić information content (AvgIpc) is 2.68. The lowest BCUT2D eigenvalue weighted by Gasteiger charge is -2.26. The van der Waals surface area contributed by atoms with Crippen molar-refractivity contribution in [2.45, 2.75) is 13.3 Å². The lowest BCUT2D eigenvalue weighted by molar-refractivity contribution is 0.0398. The Kier molecular flexibility index (Phi) is 7.19. The number of hydrogen-bond acceptors (Lipinski definition) is 7. The van der Waals surface area contributed by atoms with Gasteiger partial charge in [-0.15, -0.1) is 0 Å². The lowest BCUT2D eigenvalue weighted by Crippen LogP contribution is -2.39. The Labute approximate surface area is 170 Å². The van der Waals surface area contributed by atoms with Gasteiger partial charge in [0.2, 0.25) is 5.28 Å².